The largest absolute Gasteiger partial charge is 0.501 e. The van der Waals surface area contributed by atoms with Gasteiger partial charge in [-0.25, -0.2) is 0 Å². The molecule has 6 heteroatoms. The zero-order valence-corrected chi connectivity index (χ0v) is 16.1. The summed E-state index contributed by atoms with van der Waals surface area (Å²) in [5.74, 6) is -0.697. The van der Waals surface area contributed by atoms with E-state index in [1.807, 2.05) is 20.8 Å². The van der Waals surface area contributed by atoms with E-state index in [9.17, 15) is 0 Å². The number of ether oxygens (including phenoxy) is 2. The van der Waals surface area contributed by atoms with Gasteiger partial charge in [0, 0.05) is 25.7 Å². The van der Waals surface area contributed by atoms with Gasteiger partial charge in [0.15, 0.2) is 5.79 Å². The Morgan fingerprint density at radius 1 is 1.18 bits per heavy atom. The molecule has 0 amide bonds. The lowest BCUT2D eigenvalue weighted by Crippen LogP contribution is -2.58. The molecule has 0 radical (unpaired) electrons. The van der Waals surface area contributed by atoms with Crippen LogP contribution in [0.15, 0.2) is 0 Å². The quantitative estimate of drug-likeness (QED) is 0.569. The van der Waals surface area contributed by atoms with Crippen LogP contribution in [0.3, 0.4) is 0 Å². The van der Waals surface area contributed by atoms with Gasteiger partial charge in [0.1, 0.15) is 6.10 Å². The molecule has 0 saturated carbocycles. The molecule has 1 saturated heterocycles. The summed E-state index contributed by atoms with van der Waals surface area (Å²) in [7, 11) is -2.69. The van der Waals surface area contributed by atoms with Crippen LogP contribution in [-0.2, 0) is 22.8 Å². The highest BCUT2D eigenvalue weighted by Gasteiger charge is 2.49. The maximum atomic E-state index is 6.39. The van der Waals surface area contributed by atoms with Gasteiger partial charge in [-0.2, -0.15) is 0 Å². The van der Waals surface area contributed by atoms with Crippen LogP contribution in [0.1, 0.15) is 60.8 Å². The molecule has 0 aromatic heterocycles. The zero-order valence-electron chi connectivity index (χ0n) is 15.1. The minimum Gasteiger partial charge on any atom is -0.374 e. The van der Waals surface area contributed by atoms with Crippen molar-refractivity contribution >= 4 is 8.80 Å². The molecule has 5 nitrogen and oxygen atoms in total. The van der Waals surface area contributed by atoms with E-state index < -0.39 is 14.6 Å². The van der Waals surface area contributed by atoms with Crippen LogP contribution in [-0.4, -0.2) is 46.6 Å². The predicted octanol–water partition coefficient (Wildman–Crippen LogP) is 3.75. The fourth-order valence-electron chi connectivity index (χ4n) is 2.94. The van der Waals surface area contributed by atoms with E-state index in [-0.39, 0.29) is 12.2 Å². The minimum absolute atomic E-state index is 0.182. The third-order valence-corrected chi connectivity index (χ3v) is 7.31. The molecule has 0 aliphatic carbocycles. The van der Waals surface area contributed by atoms with E-state index in [4.69, 9.17) is 22.8 Å². The first-order valence-electron chi connectivity index (χ1n) is 8.75. The Morgan fingerprint density at radius 3 is 2.27 bits per heavy atom. The maximum absolute atomic E-state index is 6.39. The minimum atomic E-state index is -2.69. The van der Waals surface area contributed by atoms with Gasteiger partial charge in [0.25, 0.3) is 0 Å². The van der Waals surface area contributed by atoms with Crippen LogP contribution in [0.25, 0.3) is 0 Å². The summed E-state index contributed by atoms with van der Waals surface area (Å²) in [5, 5.41) is 0. The summed E-state index contributed by atoms with van der Waals surface area (Å²) >= 11 is 0. The Kier molecular flexibility index (Phi) is 8.52. The topological polar surface area (TPSA) is 46.2 Å². The standard InChI is InChI=1S/C16H34O5Si/c1-7-13-22(18-9-3,19-10-4)21-15(6)16(8-2)17-12-11-14(5)20-16/h14-15H,7-13H2,1-6H3. The molecule has 1 aliphatic heterocycles. The van der Waals surface area contributed by atoms with Gasteiger partial charge in [0.05, 0.1) is 12.7 Å². The summed E-state index contributed by atoms with van der Waals surface area (Å²) in [6.07, 6.45) is 2.59. The average Bonchev–Trinajstić information content (AvgIpc) is 2.47. The summed E-state index contributed by atoms with van der Waals surface area (Å²) in [6.45, 7) is 14.1. The molecule has 0 bridgehead atoms. The highest BCUT2D eigenvalue weighted by atomic mass is 28.4. The summed E-state index contributed by atoms with van der Waals surface area (Å²) < 4.78 is 30.4. The van der Waals surface area contributed by atoms with Crippen molar-refractivity contribution in [2.75, 3.05) is 19.8 Å². The van der Waals surface area contributed by atoms with Crippen LogP contribution >= 0.6 is 0 Å². The number of rotatable bonds is 10. The third-order valence-electron chi connectivity index (χ3n) is 4.02. The molecule has 0 spiro atoms. The molecule has 132 valence electrons. The molecule has 22 heavy (non-hydrogen) atoms. The Balaban J connectivity index is 2.88. The smallest absolute Gasteiger partial charge is 0.374 e. The van der Waals surface area contributed by atoms with Gasteiger partial charge in [0.2, 0.25) is 0 Å². The van der Waals surface area contributed by atoms with Crippen LogP contribution in [0.5, 0.6) is 0 Å². The van der Waals surface area contributed by atoms with E-state index in [1.54, 1.807) is 0 Å². The van der Waals surface area contributed by atoms with E-state index >= 15 is 0 Å². The van der Waals surface area contributed by atoms with E-state index in [0.29, 0.717) is 19.8 Å². The summed E-state index contributed by atoms with van der Waals surface area (Å²) in [5.41, 5.74) is 0. The first-order chi connectivity index (χ1) is 10.5. The van der Waals surface area contributed by atoms with Crippen LogP contribution in [0.4, 0.5) is 0 Å². The lowest BCUT2D eigenvalue weighted by Gasteiger charge is -2.45. The second-order valence-electron chi connectivity index (χ2n) is 5.79. The summed E-state index contributed by atoms with van der Waals surface area (Å²) in [6, 6.07) is 0.814. The second kappa shape index (κ2) is 9.35. The molecule has 1 fully saturated rings. The Bertz CT molecular complexity index is 298. The Morgan fingerprint density at radius 2 is 1.82 bits per heavy atom. The van der Waals surface area contributed by atoms with Gasteiger partial charge >= 0.3 is 8.80 Å². The molecule has 1 rings (SSSR count). The number of hydrogen-bond acceptors (Lipinski definition) is 5. The van der Waals surface area contributed by atoms with Gasteiger partial charge < -0.3 is 22.8 Å². The number of hydrogen-bond donors (Lipinski definition) is 0. The molecule has 0 aromatic carbocycles. The normalized spacial score (nSPS) is 27.8. The van der Waals surface area contributed by atoms with Gasteiger partial charge in [-0.3, -0.25) is 0 Å². The Hall–Kier alpha value is 0.0169. The molecule has 0 aromatic rings. The van der Waals surface area contributed by atoms with Gasteiger partial charge in [-0.05, 0) is 34.1 Å². The van der Waals surface area contributed by atoms with Crippen molar-refractivity contribution in [2.24, 2.45) is 0 Å². The van der Waals surface area contributed by atoms with Crippen molar-refractivity contribution in [3.05, 3.63) is 0 Å². The molecular formula is C16H34O5Si. The van der Waals surface area contributed by atoms with Crippen LogP contribution in [0.2, 0.25) is 6.04 Å². The highest BCUT2D eigenvalue weighted by Crippen LogP contribution is 2.34. The molecular weight excluding hydrogens is 300 g/mol. The van der Waals surface area contributed by atoms with Crippen molar-refractivity contribution in [3.63, 3.8) is 0 Å². The molecule has 3 atom stereocenters. The monoisotopic (exact) mass is 334 g/mol. The lowest BCUT2D eigenvalue weighted by atomic mass is 10.1. The van der Waals surface area contributed by atoms with Crippen molar-refractivity contribution in [1.29, 1.82) is 0 Å². The average molecular weight is 335 g/mol. The SMILES string of the molecule is CCC[Si](OCC)(OCC)OC(C)C1(CC)OCCC(C)O1. The van der Waals surface area contributed by atoms with E-state index in [2.05, 4.69) is 20.8 Å². The predicted molar refractivity (Wildman–Crippen MR) is 88.8 cm³/mol. The first kappa shape index (κ1) is 20.1. The van der Waals surface area contributed by atoms with Gasteiger partial charge in [-0.15, -0.1) is 0 Å². The fourth-order valence-corrected chi connectivity index (χ4v) is 5.77. The zero-order chi connectivity index (χ0) is 16.6. The van der Waals surface area contributed by atoms with Gasteiger partial charge in [-0.1, -0.05) is 20.3 Å². The summed E-state index contributed by atoms with van der Waals surface area (Å²) in [4.78, 5) is 0. The second-order valence-corrected chi connectivity index (χ2v) is 8.47. The fraction of sp³-hybridized carbons (Fsp3) is 1.00. The molecule has 0 N–H and O–H groups in total. The van der Waals surface area contributed by atoms with E-state index in [0.717, 1.165) is 25.3 Å². The molecule has 1 heterocycles. The maximum Gasteiger partial charge on any atom is 0.501 e. The van der Waals surface area contributed by atoms with Crippen molar-refractivity contribution in [1.82, 2.24) is 0 Å². The van der Waals surface area contributed by atoms with Crippen molar-refractivity contribution in [3.8, 4) is 0 Å². The van der Waals surface area contributed by atoms with Crippen LogP contribution in [0, 0.1) is 0 Å². The first-order valence-corrected chi connectivity index (χ1v) is 10.7. The Labute approximate surface area is 137 Å². The van der Waals surface area contributed by atoms with Crippen molar-refractivity contribution < 1.29 is 22.8 Å². The third kappa shape index (κ3) is 5.01. The molecule has 3 unspecified atom stereocenters. The lowest BCUT2D eigenvalue weighted by molar-refractivity contribution is -0.324. The highest BCUT2D eigenvalue weighted by molar-refractivity contribution is 6.60. The molecule has 1 aliphatic rings. The van der Waals surface area contributed by atoms with E-state index in [1.165, 1.54) is 0 Å². The van der Waals surface area contributed by atoms with Crippen molar-refractivity contribution in [2.45, 2.75) is 84.8 Å². The van der Waals surface area contributed by atoms with Crippen LogP contribution < -0.4 is 0 Å².